The number of carbonyl (C=O) groups excluding carboxylic acids is 2. The van der Waals surface area contributed by atoms with E-state index in [-0.39, 0.29) is 17.0 Å². The van der Waals surface area contributed by atoms with Gasteiger partial charge in [0.05, 0.1) is 29.9 Å². The number of nitrogens with two attached hydrogens (primary N) is 1. The number of guanidine groups is 1. The van der Waals surface area contributed by atoms with Gasteiger partial charge in [-0.15, -0.1) is 0 Å². The number of halogens is 3. The van der Waals surface area contributed by atoms with Crippen LogP contribution in [0.3, 0.4) is 0 Å². The van der Waals surface area contributed by atoms with Crippen molar-refractivity contribution in [3.63, 3.8) is 0 Å². The Hall–Kier alpha value is -4.18. The number of allylic oxidation sites excluding steroid dienone is 1. The van der Waals surface area contributed by atoms with Gasteiger partial charge in [-0.1, -0.05) is 12.1 Å². The Balaban J connectivity index is 2.30. The van der Waals surface area contributed by atoms with Crippen LogP contribution >= 0.6 is 0 Å². The molecule has 0 aromatic heterocycles. The van der Waals surface area contributed by atoms with Gasteiger partial charge in [-0.2, -0.15) is 18.4 Å². The molecule has 2 aromatic carbocycles. The maximum absolute atomic E-state index is 13.5. The minimum atomic E-state index is -4.68. The summed E-state index contributed by atoms with van der Waals surface area (Å²) in [6, 6.07) is 8.29. The second kappa shape index (κ2) is 11.7. The second-order valence-corrected chi connectivity index (χ2v) is 10.3. The predicted molar refractivity (Wildman–Crippen MR) is 139 cm³/mol. The Morgan fingerprint density at radius 3 is 2.49 bits per heavy atom. The SMILES string of the molecule is COC(=O)C1=C(C)N(c2cccc(C(F)(F)F)c2)C(=N)N(C(N)=O)[C@@H]1c1ccc(C#N)cc1CCCS(C)=O. The quantitative estimate of drug-likeness (QED) is 0.485. The number of nitrogens with one attached hydrogen (secondary N) is 1. The molecule has 0 saturated heterocycles. The van der Waals surface area contributed by atoms with E-state index in [2.05, 4.69) is 0 Å². The van der Waals surface area contributed by atoms with Gasteiger partial charge in [-0.3, -0.25) is 19.4 Å². The summed E-state index contributed by atoms with van der Waals surface area (Å²) in [6.45, 7) is 1.43. The number of hydrogen-bond donors (Lipinski definition) is 2. The first kappa shape index (κ1) is 29.4. The van der Waals surface area contributed by atoms with E-state index in [0.29, 0.717) is 35.3 Å². The number of benzene rings is 2. The first-order valence-corrected chi connectivity index (χ1v) is 13.3. The van der Waals surface area contributed by atoms with Gasteiger partial charge in [0, 0.05) is 34.2 Å². The summed E-state index contributed by atoms with van der Waals surface area (Å²) >= 11 is 0. The number of anilines is 1. The summed E-state index contributed by atoms with van der Waals surface area (Å²) in [7, 11) is 0.0227. The Labute approximate surface area is 225 Å². The Morgan fingerprint density at radius 1 is 1.23 bits per heavy atom. The summed E-state index contributed by atoms with van der Waals surface area (Å²) < 4.78 is 57.0. The van der Waals surface area contributed by atoms with Gasteiger partial charge in [-0.25, -0.2) is 9.59 Å². The number of methoxy groups -OCH3 is 1. The van der Waals surface area contributed by atoms with E-state index in [9.17, 15) is 32.2 Å². The van der Waals surface area contributed by atoms with Crippen molar-refractivity contribution in [3.05, 3.63) is 76.0 Å². The van der Waals surface area contributed by atoms with E-state index in [1.54, 1.807) is 12.3 Å². The van der Waals surface area contributed by atoms with Gasteiger partial charge in [-0.05, 0) is 61.2 Å². The van der Waals surface area contributed by atoms with Crippen LogP contribution in [0.5, 0.6) is 0 Å². The molecule has 39 heavy (non-hydrogen) atoms. The normalized spacial score (nSPS) is 16.6. The number of rotatable bonds is 7. The van der Waals surface area contributed by atoms with E-state index in [1.165, 1.54) is 25.1 Å². The highest BCUT2D eigenvalue weighted by Crippen LogP contribution is 2.42. The monoisotopic (exact) mass is 561 g/mol. The fourth-order valence-electron chi connectivity index (χ4n) is 4.49. The highest BCUT2D eigenvalue weighted by Gasteiger charge is 2.44. The van der Waals surface area contributed by atoms with Crippen LogP contribution in [0.2, 0.25) is 0 Å². The molecule has 3 N–H and O–H groups in total. The van der Waals surface area contributed by atoms with Crippen LogP contribution in [0.4, 0.5) is 23.7 Å². The lowest BCUT2D eigenvalue weighted by Gasteiger charge is -2.43. The lowest BCUT2D eigenvalue weighted by molar-refractivity contribution is -0.138. The van der Waals surface area contributed by atoms with Crippen molar-refractivity contribution in [3.8, 4) is 6.07 Å². The molecule has 1 aliphatic heterocycles. The molecule has 2 atom stereocenters. The molecular formula is C26H26F3N5O4S. The number of hydrogen-bond acceptors (Lipinski definition) is 6. The number of alkyl halides is 3. The summed E-state index contributed by atoms with van der Waals surface area (Å²) in [6.07, 6.45) is -2.35. The Morgan fingerprint density at radius 2 is 1.92 bits per heavy atom. The van der Waals surface area contributed by atoms with Gasteiger partial charge >= 0.3 is 18.2 Å². The van der Waals surface area contributed by atoms with Crippen molar-refractivity contribution in [1.82, 2.24) is 4.90 Å². The van der Waals surface area contributed by atoms with Crippen LogP contribution < -0.4 is 10.6 Å². The van der Waals surface area contributed by atoms with Gasteiger partial charge in [0.2, 0.25) is 5.96 Å². The first-order chi connectivity index (χ1) is 18.3. The fourth-order valence-corrected chi connectivity index (χ4v) is 5.04. The molecule has 13 heteroatoms. The summed E-state index contributed by atoms with van der Waals surface area (Å²) in [5, 5.41) is 18.3. The maximum Gasteiger partial charge on any atom is 0.416 e. The third-order valence-corrected chi connectivity index (χ3v) is 7.08. The number of amides is 2. The highest BCUT2D eigenvalue weighted by molar-refractivity contribution is 7.84. The molecule has 2 amide bonds. The van der Waals surface area contributed by atoms with E-state index in [4.69, 9.17) is 15.9 Å². The second-order valence-electron chi connectivity index (χ2n) is 8.71. The molecule has 0 bridgehead atoms. The molecular weight excluding hydrogens is 535 g/mol. The lowest BCUT2D eigenvalue weighted by atomic mass is 9.87. The molecule has 0 saturated carbocycles. The van der Waals surface area contributed by atoms with Crippen LogP contribution in [0.25, 0.3) is 0 Å². The molecule has 0 aliphatic carbocycles. The van der Waals surface area contributed by atoms with Crippen molar-refractivity contribution in [2.75, 3.05) is 24.0 Å². The fraction of sp³-hybridized carbons (Fsp3) is 0.308. The van der Waals surface area contributed by atoms with Crippen LogP contribution in [0.15, 0.2) is 53.7 Å². The smallest absolute Gasteiger partial charge is 0.416 e. The third-order valence-electron chi connectivity index (χ3n) is 6.22. The van der Waals surface area contributed by atoms with Crippen LogP contribution in [0.1, 0.15) is 41.6 Å². The average molecular weight is 562 g/mol. The Bertz CT molecular complexity index is 1420. The van der Waals surface area contributed by atoms with Crippen molar-refractivity contribution in [2.24, 2.45) is 5.73 Å². The van der Waals surface area contributed by atoms with Gasteiger partial charge in [0.1, 0.15) is 6.04 Å². The van der Waals surface area contributed by atoms with Gasteiger partial charge in [0.25, 0.3) is 0 Å². The zero-order valence-corrected chi connectivity index (χ0v) is 22.2. The number of urea groups is 1. The molecule has 9 nitrogen and oxygen atoms in total. The average Bonchev–Trinajstić information content (AvgIpc) is 2.87. The van der Waals surface area contributed by atoms with Crippen LogP contribution in [-0.4, -0.2) is 46.2 Å². The van der Waals surface area contributed by atoms with E-state index < -0.39 is 46.5 Å². The maximum atomic E-state index is 13.5. The predicted octanol–water partition coefficient (Wildman–Crippen LogP) is 4.21. The number of ether oxygens (including phenoxy) is 1. The highest BCUT2D eigenvalue weighted by atomic mass is 32.2. The molecule has 1 heterocycles. The number of aryl methyl sites for hydroxylation is 1. The number of nitrogens with zero attached hydrogens (tertiary/aromatic N) is 3. The minimum absolute atomic E-state index is 0.0543. The van der Waals surface area contributed by atoms with Crippen LogP contribution in [-0.2, 0) is 32.9 Å². The van der Waals surface area contributed by atoms with Gasteiger partial charge in [0.15, 0.2) is 0 Å². The van der Waals surface area contributed by atoms with Crippen molar-refractivity contribution in [1.29, 1.82) is 10.7 Å². The summed E-state index contributed by atoms with van der Waals surface area (Å²) in [4.78, 5) is 27.7. The van der Waals surface area contributed by atoms with Crippen molar-refractivity contribution >= 4 is 34.4 Å². The lowest BCUT2D eigenvalue weighted by Crippen LogP contribution is -2.55. The zero-order chi connectivity index (χ0) is 29.1. The molecule has 2 aromatic rings. The minimum Gasteiger partial charge on any atom is -0.466 e. The number of nitriles is 1. The van der Waals surface area contributed by atoms with Crippen molar-refractivity contribution in [2.45, 2.75) is 32.0 Å². The number of carbonyl (C=O) groups is 2. The number of primary amides is 1. The van der Waals surface area contributed by atoms with E-state index in [0.717, 1.165) is 35.1 Å². The summed E-state index contributed by atoms with van der Waals surface area (Å²) in [5.74, 6) is -1.11. The topological polar surface area (TPSA) is 141 Å². The molecule has 1 aliphatic rings. The van der Waals surface area contributed by atoms with Crippen molar-refractivity contribution < 1.29 is 31.7 Å². The molecule has 0 spiro atoms. The first-order valence-electron chi connectivity index (χ1n) is 11.6. The third kappa shape index (κ3) is 6.12. The zero-order valence-electron chi connectivity index (χ0n) is 21.3. The molecule has 0 fully saturated rings. The number of esters is 1. The standard InChI is InChI=1S/C26H26F3N5O4S/c1-15-21(23(35)38-2)22(20-10-9-16(14-30)12-17(20)6-5-11-39(3)37)34(25(32)36)24(31)33(15)19-8-4-7-18(13-19)26(27,28)29/h4,7-10,12-13,22,31H,5-6,11H2,1-3H3,(H2,32,36)/t22-,39?/m1/s1. The van der Waals surface area contributed by atoms with Gasteiger partial charge < -0.3 is 10.5 Å². The largest absolute Gasteiger partial charge is 0.466 e. The molecule has 1 unspecified atom stereocenters. The van der Waals surface area contributed by atoms with E-state index in [1.807, 2.05) is 6.07 Å². The van der Waals surface area contributed by atoms with E-state index >= 15 is 0 Å². The molecule has 0 radical (unpaired) electrons. The van der Waals surface area contributed by atoms with Crippen LogP contribution in [0, 0.1) is 16.7 Å². The summed E-state index contributed by atoms with van der Waals surface area (Å²) in [5.41, 5.74) is 5.72. The molecule has 3 rings (SSSR count). The molecule has 206 valence electrons. The Kier molecular flexibility index (Phi) is 8.81.